The predicted molar refractivity (Wildman–Crippen MR) is 125 cm³/mol. The Morgan fingerprint density at radius 2 is 1.94 bits per heavy atom. The summed E-state index contributed by atoms with van der Waals surface area (Å²) in [5.74, 6) is -1.40. The van der Waals surface area contributed by atoms with Crippen LogP contribution in [0.4, 0.5) is 10.1 Å². The summed E-state index contributed by atoms with van der Waals surface area (Å²) in [5.41, 5.74) is 2.72. The molecule has 172 valence electrons. The Balaban J connectivity index is 1.65. The second-order valence-corrected chi connectivity index (χ2v) is 9.39. The van der Waals surface area contributed by atoms with Gasteiger partial charge in [0.25, 0.3) is 0 Å². The minimum Gasteiger partial charge on any atom is -0.478 e. The zero-order chi connectivity index (χ0) is 23.9. The molecule has 1 amide bonds. The highest BCUT2D eigenvalue weighted by molar-refractivity contribution is 6.04. The number of nitrogens with one attached hydrogen (secondary N) is 1. The van der Waals surface area contributed by atoms with E-state index in [0.29, 0.717) is 46.7 Å². The van der Waals surface area contributed by atoms with Gasteiger partial charge in [-0.2, -0.15) is 5.10 Å². The van der Waals surface area contributed by atoms with E-state index in [1.54, 1.807) is 36.0 Å². The van der Waals surface area contributed by atoms with Gasteiger partial charge in [-0.1, -0.05) is 26.0 Å². The number of rotatable bonds is 7. The Bertz CT molecular complexity index is 1240. The van der Waals surface area contributed by atoms with Crippen LogP contribution >= 0.6 is 0 Å². The summed E-state index contributed by atoms with van der Waals surface area (Å²) in [6, 6.07) is 8.12. The second kappa shape index (κ2) is 8.46. The number of anilines is 1. The lowest BCUT2D eigenvalue weighted by atomic mass is 9.92. The average molecular weight is 450 g/mol. The number of carbonyl (C=O) groups is 2. The Morgan fingerprint density at radius 1 is 1.21 bits per heavy atom. The molecule has 2 N–H and O–H groups in total. The van der Waals surface area contributed by atoms with Gasteiger partial charge in [-0.25, -0.2) is 9.18 Å². The smallest absolute Gasteiger partial charge is 0.336 e. The zero-order valence-electron chi connectivity index (χ0n) is 19.3. The molecule has 2 aromatic carbocycles. The normalized spacial score (nSPS) is 14.4. The Kier molecular flexibility index (Phi) is 5.82. The van der Waals surface area contributed by atoms with Gasteiger partial charge in [0.15, 0.2) is 0 Å². The van der Waals surface area contributed by atoms with Crippen LogP contribution in [0.15, 0.2) is 42.7 Å². The van der Waals surface area contributed by atoms with E-state index in [1.165, 1.54) is 12.1 Å². The third kappa shape index (κ3) is 4.40. The third-order valence-electron chi connectivity index (χ3n) is 6.12. The summed E-state index contributed by atoms with van der Waals surface area (Å²) in [6.07, 6.45) is 4.61. The van der Waals surface area contributed by atoms with Crippen LogP contribution in [0.25, 0.3) is 11.1 Å². The van der Waals surface area contributed by atoms with E-state index in [0.717, 1.165) is 12.1 Å². The van der Waals surface area contributed by atoms with Gasteiger partial charge in [0.2, 0.25) is 5.91 Å². The van der Waals surface area contributed by atoms with Gasteiger partial charge in [-0.05, 0) is 61.9 Å². The SMILES string of the molecule is Cc1ccc(C2(C(=O)Nc3cc(C)c(-c4cnn(CC(C)C)c4)c(C(=O)O)c3)CC2)c(F)c1. The molecule has 6 nitrogen and oxygen atoms in total. The van der Waals surface area contributed by atoms with Gasteiger partial charge in [-0.15, -0.1) is 0 Å². The molecule has 1 aliphatic carbocycles. The number of carboxylic acids is 1. The molecule has 33 heavy (non-hydrogen) atoms. The number of hydrogen-bond donors (Lipinski definition) is 2. The standard InChI is InChI=1S/C26H28FN3O3/c1-15(2)13-30-14-18(12-28-30)23-17(4)10-19(11-20(23)24(31)32)29-25(33)26(7-8-26)21-6-5-16(3)9-22(21)27/h5-6,9-12,14-15H,7-8,13H2,1-4H3,(H,29,33)(H,31,32). The Morgan fingerprint density at radius 3 is 2.55 bits per heavy atom. The van der Waals surface area contributed by atoms with Crippen molar-refractivity contribution in [1.82, 2.24) is 9.78 Å². The van der Waals surface area contributed by atoms with E-state index in [9.17, 15) is 19.1 Å². The van der Waals surface area contributed by atoms with Crippen molar-refractivity contribution >= 4 is 17.6 Å². The van der Waals surface area contributed by atoms with Gasteiger partial charge in [-0.3, -0.25) is 9.48 Å². The van der Waals surface area contributed by atoms with Crippen LogP contribution in [-0.4, -0.2) is 26.8 Å². The summed E-state index contributed by atoms with van der Waals surface area (Å²) in [6.45, 7) is 8.51. The van der Waals surface area contributed by atoms with E-state index in [1.807, 2.05) is 13.1 Å². The highest BCUT2D eigenvalue weighted by atomic mass is 19.1. The molecular formula is C26H28FN3O3. The number of benzene rings is 2. The lowest BCUT2D eigenvalue weighted by molar-refractivity contribution is -0.118. The van der Waals surface area contributed by atoms with Crippen molar-refractivity contribution < 1.29 is 19.1 Å². The number of aromatic nitrogens is 2. The summed E-state index contributed by atoms with van der Waals surface area (Å²) in [4.78, 5) is 25.2. The lowest BCUT2D eigenvalue weighted by Gasteiger charge is -2.18. The lowest BCUT2D eigenvalue weighted by Crippen LogP contribution is -2.29. The van der Waals surface area contributed by atoms with Crippen LogP contribution in [0.3, 0.4) is 0 Å². The number of carboxylic acid groups (broad SMARTS) is 1. The van der Waals surface area contributed by atoms with Crippen LogP contribution in [0.5, 0.6) is 0 Å². The molecule has 1 saturated carbocycles. The van der Waals surface area contributed by atoms with Crippen LogP contribution in [0, 0.1) is 25.6 Å². The topological polar surface area (TPSA) is 84.2 Å². The fourth-order valence-corrected chi connectivity index (χ4v) is 4.38. The quantitative estimate of drug-likeness (QED) is 0.511. The van der Waals surface area contributed by atoms with Crippen LogP contribution in [0.1, 0.15) is 53.7 Å². The number of halogens is 1. The van der Waals surface area contributed by atoms with Crippen molar-refractivity contribution in [3.63, 3.8) is 0 Å². The van der Waals surface area contributed by atoms with Gasteiger partial charge < -0.3 is 10.4 Å². The highest BCUT2D eigenvalue weighted by Gasteiger charge is 2.52. The number of nitrogens with zero attached hydrogens (tertiary/aromatic N) is 2. The fraction of sp³-hybridized carbons (Fsp3) is 0.346. The van der Waals surface area contributed by atoms with Crippen molar-refractivity contribution in [3.8, 4) is 11.1 Å². The minimum absolute atomic E-state index is 0.0840. The maximum Gasteiger partial charge on any atom is 0.336 e. The monoisotopic (exact) mass is 449 g/mol. The molecule has 0 spiro atoms. The first-order valence-electron chi connectivity index (χ1n) is 11.1. The summed E-state index contributed by atoms with van der Waals surface area (Å²) >= 11 is 0. The molecule has 0 unspecified atom stereocenters. The summed E-state index contributed by atoms with van der Waals surface area (Å²) in [5, 5.41) is 17.1. The fourth-order valence-electron chi connectivity index (χ4n) is 4.38. The van der Waals surface area contributed by atoms with Gasteiger partial charge in [0.05, 0.1) is 17.2 Å². The Hall–Kier alpha value is -3.48. The molecule has 7 heteroatoms. The minimum atomic E-state index is -1.09. The highest BCUT2D eigenvalue weighted by Crippen LogP contribution is 2.50. The molecule has 0 bridgehead atoms. The van der Waals surface area contributed by atoms with Crippen LogP contribution in [-0.2, 0) is 16.8 Å². The first-order valence-corrected chi connectivity index (χ1v) is 11.1. The van der Waals surface area contributed by atoms with Crippen LogP contribution < -0.4 is 5.32 Å². The largest absolute Gasteiger partial charge is 0.478 e. The van der Waals surface area contributed by atoms with Gasteiger partial charge >= 0.3 is 5.97 Å². The summed E-state index contributed by atoms with van der Waals surface area (Å²) in [7, 11) is 0. The number of aromatic carboxylic acids is 1. The van der Waals surface area contributed by atoms with Crippen molar-refractivity contribution in [1.29, 1.82) is 0 Å². The van der Waals surface area contributed by atoms with E-state index >= 15 is 0 Å². The van der Waals surface area contributed by atoms with Crippen molar-refractivity contribution in [2.75, 3.05) is 5.32 Å². The molecule has 0 saturated heterocycles. The van der Waals surface area contributed by atoms with E-state index in [2.05, 4.69) is 24.3 Å². The molecule has 1 aliphatic rings. The molecule has 4 rings (SSSR count). The molecule has 1 aromatic heterocycles. The van der Waals surface area contributed by atoms with Gasteiger partial charge in [0, 0.05) is 35.1 Å². The maximum atomic E-state index is 14.6. The molecule has 1 heterocycles. The van der Waals surface area contributed by atoms with Crippen LogP contribution in [0.2, 0.25) is 0 Å². The van der Waals surface area contributed by atoms with Gasteiger partial charge in [0.1, 0.15) is 5.82 Å². The van der Waals surface area contributed by atoms with E-state index in [-0.39, 0.29) is 17.3 Å². The van der Waals surface area contributed by atoms with E-state index < -0.39 is 11.4 Å². The molecule has 1 fully saturated rings. The molecule has 0 atom stereocenters. The second-order valence-electron chi connectivity index (χ2n) is 9.39. The number of hydrogen-bond acceptors (Lipinski definition) is 3. The third-order valence-corrected chi connectivity index (χ3v) is 6.12. The van der Waals surface area contributed by atoms with Crippen molar-refractivity contribution in [2.24, 2.45) is 5.92 Å². The Labute approximate surface area is 192 Å². The molecule has 0 radical (unpaired) electrons. The summed E-state index contributed by atoms with van der Waals surface area (Å²) < 4.78 is 16.4. The first-order chi connectivity index (χ1) is 15.6. The molecule has 3 aromatic rings. The zero-order valence-corrected chi connectivity index (χ0v) is 19.3. The average Bonchev–Trinajstić information content (AvgIpc) is 3.40. The van der Waals surface area contributed by atoms with Crippen molar-refractivity contribution in [2.45, 2.75) is 52.5 Å². The number of carbonyl (C=O) groups excluding carboxylic acids is 1. The van der Waals surface area contributed by atoms with Crippen molar-refractivity contribution in [3.05, 3.63) is 70.8 Å². The number of amides is 1. The first kappa shape index (κ1) is 22.7. The van der Waals surface area contributed by atoms with E-state index in [4.69, 9.17) is 0 Å². The predicted octanol–water partition coefficient (Wildman–Crippen LogP) is 5.33. The molecule has 0 aliphatic heterocycles. The maximum absolute atomic E-state index is 14.6. The molecular weight excluding hydrogens is 421 g/mol. The number of aryl methyl sites for hydroxylation is 2.